The molecule has 0 aliphatic heterocycles. The molecule has 24 heavy (non-hydrogen) atoms. The molecular formula is C21H30O3. The lowest BCUT2D eigenvalue weighted by Gasteiger charge is -2.20. The first kappa shape index (κ1) is 16.1. The number of hydrogen-bond donors (Lipinski definition) is 0. The molecule has 0 atom stereocenters. The molecule has 3 aliphatic rings. The number of hydrogen-bond acceptors (Lipinski definition) is 3. The topological polar surface area (TPSA) is 27.7 Å². The second kappa shape index (κ2) is 7.67. The molecule has 0 radical (unpaired) electrons. The largest absolute Gasteiger partial charge is 0.490 e. The van der Waals surface area contributed by atoms with Crippen molar-refractivity contribution in [3.8, 4) is 17.2 Å². The van der Waals surface area contributed by atoms with Gasteiger partial charge in [-0.05, 0) is 77.0 Å². The van der Waals surface area contributed by atoms with Gasteiger partial charge in [0, 0.05) is 18.2 Å². The second-order valence-electron chi connectivity index (χ2n) is 7.71. The van der Waals surface area contributed by atoms with Crippen molar-refractivity contribution in [1.82, 2.24) is 0 Å². The van der Waals surface area contributed by atoms with E-state index in [0.29, 0.717) is 18.3 Å². The Morgan fingerprint density at radius 1 is 0.458 bits per heavy atom. The van der Waals surface area contributed by atoms with Gasteiger partial charge in [-0.2, -0.15) is 0 Å². The molecule has 1 aromatic rings. The van der Waals surface area contributed by atoms with Crippen molar-refractivity contribution < 1.29 is 14.2 Å². The molecule has 0 amide bonds. The highest BCUT2D eigenvalue weighted by molar-refractivity contribution is 5.42. The predicted octanol–water partition coefficient (Wildman–Crippen LogP) is 5.65. The van der Waals surface area contributed by atoms with Gasteiger partial charge in [-0.3, -0.25) is 0 Å². The summed E-state index contributed by atoms with van der Waals surface area (Å²) in [6.45, 7) is 0. The normalized spacial score (nSPS) is 23.0. The first-order valence-electron chi connectivity index (χ1n) is 10.0. The average molecular weight is 330 g/mol. The van der Waals surface area contributed by atoms with E-state index in [2.05, 4.69) is 18.2 Å². The van der Waals surface area contributed by atoms with Crippen molar-refractivity contribution in [2.75, 3.05) is 0 Å². The van der Waals surface area contributed by atoms with Crippen molar-refractivity contribution in [2.24, 2.45) is 0 Å². The molecular weight excluding hydrogens is 300 g/mol. The van der Waals surface area contributed by atoms with Crippen LogP contribution in [0, 0.1) is 0 Å². The van der Waals surface area contributed by atoms with Crippen LogP contribution in [0.1, 0.15) is 77.0 Å². The Hall–Kier alpha value is -1.38. The monoisotopic (exact) mass is 330 g/mol. The Balaban J connectivity index is 1.49. The van der Waals surface area contributed by atoms with Crippen LogP contribution in [0.3, 0.4) is 0 Å². The molecule has 1 aromatic carbocycles. The van der Waals surface area contributed by atoms with Gasteiger partial charge in [0.05, 0.1) is 18.3 Å². The first-order chi connectivity index (χ1) is 11.8. The summed E-state index contributed by atoms with van der Waals surface area (Å²) in [5.74, 6) is 2.76. The summed E-state index contributed by atoms with van der Waals surface area (Å²) in [7, 11) is 0. The van der Waals surface area contributed by atoms with Gasteiger partial charge in [0.25, 0.3) is 0 Å². The second-order valence-corrected chi connectivity index (χ2v) is 7.71. The van der Waals surface area contributed by atoms with Gasteiger partial charge in [-0.25, -0.2) is 0 Å². The molecule has 0 saturated heterocycles. The molecule has 4 rings (SSSR count). The van der Waals surface area contributed by atoms with E-state index in [0.717, 1.165) is 17.2 Å². The van der Waals surface area contributed by atoms with Gasteiger partial charge < -0.3 is 14.2 Å². The molecule has 0 bridgehead atoms. The molecule has 132 valence electrons. The lowest BCUT2D eigenvalue weighted by molar-refractivity contribution is 0.186. The zero-order valence-corrected chi connectivity index (χ0v) is 14.7. The summed E-state index contributed by atoms with van der Waals surface area (Å²) in [6.07, 6.45) is 15.9. The fourth-order valence-corrected chi connectivity index (χ4v) is 4.35. The molecule has 3 heteroatoms. The highest BCUT2D eigenvalue weighted by Crippen LogP contribution is 2.35. The highest BCUT2D eigenvalue weighted by atomic mass is 16.5. The van der Waals surface area contributed by atoms with Gasteiger partial charge in [0.1, 0.15) is 17.2 Å². The predicted molar refractivity (Wildman–Crippen MR) is 95.1 cm³/mol. The van der Waals surface area contributed by atoms with E-state index in [4.69, 9.17) is 14.2 Å². The van der Waals surface area contributed by atoms with E-state index in [1.165, 1.54) is 77.0 Å². The van der Waals surface area contributed by atoms with E-state index in [9.17, 15) is 0 Å². The van der Waals surface area contributed by atoms with E-state index >= 15 is 0 Å². The SMILES string of the molecule is c1c(OC2CCCC2)cc(OC2CCCC2)cc1OC1CCCC1. The Morgan fingerprint density at radius 2 is 0.708 bits per heavy atom. The van der Waals surface area contributed by atoms with Crippen LogP contribution in [-0.2, 0) is 0 Å². The maximum atomic E-state index is 6.23. The third-order valence-electron chi connectivity index (χ3n) is 5.67. The smallest absolute Gasteiger partial charge is 0.127 e. The lowest BCUT2D eigenvalue weighted by atomic mass is 10.2. The number of benzene rings is 1. The van der Waals surface area contributed by atoms with Crippen LogP contribution in [0.4, 0.5) is 0 Å². The van der Waals surface area contributed by atoms with Crippen molar-refractivity contribution in [3.05, 3.63) is 18.2 Å². The molecule has 0 unspecified atom stereocenters. The van der Waals surface area contributed by atoms with E-state index < -0.39 is 0 Å². The van der Waals surface area contributed by atoms with Gasteiger partial charge in [-0.15, -0.1) is 0 Å². The lowest BCUT2D eigenvalue weighted by Crippen LogP contribution is -2.14. The summed E-state index contributed by atoms with van der Waals surface area (Å²) < 4.78 is 18.7. The number of ether oxygens (including phenoxy) is 3. The molecule has 3 saturated carbocycles. The van der Waals surface area contributed by atoms with Gasteiger partial charge in [0.15, 0.2) is 0 Å². The van der Waals surface area contributed by atoms with Crippen LogP contribution in [0.5, 0.6) is 17.2 Å². The van der Waals surface area contributed by atoms with Crippen molar-refractivity contribution in [1.29, 1.82) is 0 Å². The van der Waals surface area contributed by atoms with Crippen molar-refractivity contribution in [3.63, 3.8) is 0 Å². The summed E-state index contributed by atoms with van der Waals surface area (Å²) in [5.41, 5.74) is 0. The Bertz CT molecular complexity index is 435. The summed E-state index contributed by atoms with van der Waals surface area (Å²) in [4.78, 5) is 0. The molecule has 3 aliphatic carbocycles. The zero-order chi connectivity index (χ0) is 16.2. The first-order valence-corrected chi connectivity index (χ1v) is 10.0. The van der Waals surface area contributed by atoms with Crippen LogP contribution < -0.4 is 14.2 Å². The summed E-state index contributed by atoms with van der Waals surface area (Å²) in [6, 6.07) is 6.20. The third kappa shape index (κ3) is 4.17. The quantitative estimate of drug-likeness (QED) is 0.674. The fourth-order valence-electron chi connectivity index (χ4n) is 4.35. The maximum Gasteiger partial charge on any atom is 0.127 e. The van der Waals surface area contributed by atoms with E-state index in [1.54, 1.807) is 0 Å². The van der Waals surface area contributed by atoms with E-state index in [1.807, 2.05) is 0 Å². The van der Waals surface area contributed by atoms with Crippen LogP contribution >= 0.6 is 0 Å². The summed E-state index contributed by atoms with van der Waals surface area (Å²) in [5, 5.41) is 0. The van der Waals surface area contributed by atoms with Crippen LogP contribution in [0.15, 0.2) is 18.2 Å². The molecule has 3 fully saturated rings. The van der Waals surface area contributed by atoms with Crippen LogP contribution in [0.2, 0.25) is 0 Å². The van der Waals surface area contributed by atoms with E-state index in [-0.39, 0.29) is 0 Å². The maximum absolute atomic E-state index is 6.23. The Labute approximate surface area is 145 Å². The minimum atomic E-state index is 0.367. The van der Waals surface area contributed by atoms with Crippen LogP contribution in [0.25, 0.3) is 0 Å². The highest BCUT2D eigenvalue weighted by Gasteiger charge is 2.21. The minimum Gasteiger partial charge on any atom is -0.490 e. The third-order valence-corrected chi connectivity index (χ3v) is 5.67. The minimum absolute atomic E-state index is 0.367. The molecule has 0 spiro atoms. The Morgan fingerprint density at radius 3 is 0.958 bits per heavy atom. The summed E-state index contributed by atoms with van der Waals surface area (Å²) >= 11 is 0. The van der Waals surface area contributed by atoms with Gasteiger partial charge >= 0.3 is 0 Å². The average Bonchev–Trinajstić information content (AvgIpc) is 3.30. The molecule has 0 aromatic heterocycles. The fraction of sp³-hybridized carbons (Fsp3) is 0.714. The molecule has 0 heterocycles. The van der Waals surface area contributed by atoms with Crippen molar-refractivity contribution >= 4 is 0 Å². The van der Waals surface area contributed by atoms with Gasteiger partial charge in [-0.1, -0.05) is 0 Å². The van der Waals surface area contributed by atoms with Crippen LogP contribution in [-0.4, -0.2) is 18.3 Å². The molecule has 0 N–H and O–H groups in total. The Kier molecular flexibility index (Phi) is 5.15. The number of rotatable bonds is 6. The zero-order valence-electron chi connectivity index (χ0n) is 14.7. The van der Waals surface area contributed by atoms with Gasteiger partial charge in [0.2, 0.25) is 0 Å². The van der Waals surface area contributed by atoms with Crippen molar-refractivity contribution in [2.45, 2.75) is 95.4 Å². The standard InChI is InChI=1S/C21H30O3/c1-2-8-16(7-1)22-19-13-20(23-17-9-3-4-10-17)15-21(14-19)24-18-11-5-6-12-18/h13-18H,1-12H2. The molecule has 3 nitrogen and oxygen atoms in total.